The van der Waals surface area contributed by atoms with Gasteiger partial charge >= 0.3 is 6.01 Å². The summed E-state index contributed by atoms with van der Waals surface area (Å²) in [6, 6.07) is 14.1. The SMILES string of the molecule is COc1ccc(CNC(=O)C2CCN(c3nnc(-c4ccc(C)cc4)o3)CC2)cc1OC. The second kappa shape index (κ2) is 9.72. The summed E-state index contributed by atoms with van der Waals surface area (Å²) in [4.78, 5) is 14.7. The highest BCUT2D eigenvalue weighted by molar-refractivity contribution is 5.79. The van der Waals surface area contributed by atoms with E-state index < -0.39 is 0 Å². The molecule has 168 valence electrons. The van der Waals surface area contributed by atoms with E-state index in [4.69, 9.17) is 13.9 Å². The predicted octanol–water partition coefficient (Wildman–Crippen LogP) is 3.60. The largest absolute Gasteiger partial charge is 0.493 e. The van der Waals surface area contributed by atoms with Crippen LogP contribution in [0, 0.1) is 12.8 Å². The lowest BCUT2D eigenvalue weighted by molar-refractivity contribution is -0.125. The van der Waals surface area contributed by atoms with Crippen molar-refractivity contribution >= 4 is 11.9 Å². The van der Waals surface area contributed by atoms with Crippen molar-refractivity contribution in [3.63, 3.8) is 0 Å². The Balaban J connectivity index is 1.29. The van der Waals surface area contributed by atoms with Gasteiger partial charge in [0.25, 0.3) is 0 Å². The third-order valence-electron chi connectivity index (χ3n) is 5.76. The van der Waals surface area contributed by atoms with Crippen molar-refractivity contribution < 1.29 is 18.7 Å². The summed E-state index contributed by atoms with van der Waals surface area (Å²) in [5.74, 6) is 1.85. The van der Waals surface area contributed by atoms with Crippen molar-refractivity contribution in [2.45, 2.75) is 26.3 Å². The van der Waals surface area contributed by atoms with Gasteiger partial charge in [-0.2, -0.15) is 0 Å². The maximum atomic E-state index is 12.7. The molecule has 1 fully saturated rings. The molecule has 0 bridgehead atoms. The van der Waals surface area contributed by atoms with Gasteiger partial charge in [-0.05, 0) is 49.6 Å². The van der Waals surface area contributed by atoms with Crippen LogP contribution in [0.15, 0.2) is 46.9 Å². The fourth-order valence-electron chi connectivity index (χ4n) is 3.81. The molecule has 0 saturated carbocycles. The van der Waals surface area contributed by atoms with Crippen LogP contribution in [-0.4, -0.2) is 43.4 Å². The van der Waals surface area contributed by atoms with Gasteiger partial charge in [0, 0.05) is 31.1 Å². The second-order valence-corrected chi connectivity index (χ2v) is 7.92. The van der Waals surface area contributed by atoms with Crippen molar-refractivity contribution in [2.75, 3.05) is 32.2 Å². The fourth-order valence-corrected chi connectivity index (χ4v) is 3.81. The maximum Gasteiger partial charge on any atom is 0.318 e. The van der Waals surface area contributed by atoms with Crippen molar-refractivity contribution in [1.82, 2.24) is 15.5 Å². The molecule has 2 aromatic carbocycles. The molecular weight excluding hydrogens is 408 g/mol. The molecule has 0 aliphatic carbocycles. The molecule has 3 aromatic rings. The summed E-state index contributed by atoms with van der Waals surface area (Å²) in [5.41, 5.74) is 3.04. The Morgan fingerprint density at radius 1 is 1.06 bits per heavy atom. The quantitative estimate of drug-likeness (QED) is 0.605. The monoisotopic (exact) mass is 436 g/mol. The normalized spacial score (nSPS) is 14.3. The molecule has 32 heavy (non-hydrogen) atoms. The highest BCUT2D eigenvalue weighted by Crippen LogP contribution is 2.28. The van der Waals surface area contributed by atoms with Crippen LogP contribution in [0.4, 0.5) is 6.01 Å². The van der Waals surface area contributed by atoms with E-state index in [1.54, 1.807) is 14.2 Å². The van der Waals surface area contributed by atoms with Crippen LogP contribution in [0.2, 0.25) is 0 Å². The van der Waals surface area contributed by atoms with Crippen molar-refractivity contribution in [3.8, 4) is 23.0 Å². The lowest BCUT2D eigenvalue weighted by atomic mass is 9.96. The molecule has 1 amide bonds. The first-order valence-corrected chi connectivity index (χ1v) is 10.7. The number of amides is 1. The number of benzene rings is 2. The molecule has 1 aliphatic rings. The van der Waals surface area contributed by atoms with E-state index in [1.807, 2.05) is 54.3 Å². The first-order chi connectivity index (χ1) is 15.6. The zero-order valence-electron chi connectivity index (χ0n) is 18.6. The molecule has 0 spiro atoms. The molecule has 4 rings (SSSR count). The molecule has 1 aliphatic heterocycles. The lowest BCUT2D eigenvalue weighted by Crippen LogP contribution is -2.40. The van der Waals surface area contributed by atoms with E-state index in [2.05, 4.69) is 15.5 Å². The van der Waals surface area contributed by atoms with Crippen LogP contribution in [-0.2, 0) is 11.3 Å². The van der Waals surface area contributed by atoms with Crippen LogP contribution in [0.3, 0.4) is 0 Å². The Morgan fingerprint density at radius 2 is 1.78 bits per heavy atom. The molecule has 0 atom stereocenters. The minimum Gasteiger partial charge on any atom is -0.493 e. The minimum atomic E-state index is -0.0362. The number of ether oxygens (including phenoxy) is 2. The molecule has 1 aromatic heterocycles. The maximum absolute atomic E-state index is 12.7. The van der Waals surface area contributed by atoms with E-state index >= 15 is 0 Å². The summed E-state index contributed by atoms with van der Waals surface area (Å²) in [7, 11) is 3.20. The van der Waals surface area contributed by atoms with Gasteiger partial charge in [-0.3, -0.25) is 4.79 Å². The Bertz CT molecular complexity index is 1060. The number of nitrogens with zero attached hydrogens (tertiary/aromatic N) is 3. The molecule has 8 heteroatoms. The van der Waals surface area contributed by atoms with Crippen LogP contribution in [0.25, 0.3) is 11.5 Å². The first-order valence-electron chi connectivity index (χ1n) is 10.7. The molecule has 2 heterocycles. The summed E-state index contributed by atoms with van der Waals surface area (Å²) < 4.78 is 16.5. The zero-order valence-corrected chi connectivity index (χ0v) is 18.6. The van der Waals surface area contributed by atoms with Crippen LogP contribution < -0.4 is 19.7 Å². The van der Waals surface area contributed by atoms with Crippen LogP contribution in [0.5, 0.6) is 11.5 Å². The summed E-state index contributed by atoms with van der Waals surface area (Å²) in [6.45, 7) is 3.88. The number of nitrogens with one attached hydrogen (secondary N) is 1. The number of carbonyl (C=O) groups is 1. The summed E-state index contributed by atoms with van der Waals surface area (Å²) in [5, 5.41) is 11.4. The smallest absolute Gasteiger partial charge is 0.318 e. The second-order valence-electron chi connectivity index (χ2n) is 7.92. The van der Waals surface area contributed by atoms with Gasteiger partial charge in [0.05, 0.1) is 14.2 Å². The summed E-state index contributed by atoms with van der Waals surface area (Å²) >= 11 is 0. The van der Waals surface area contributed by atoms with Gasteiger partial charge in [-0.15, -0.1) is 5.10 Å². The lowest BCUT2D eigenvalue weighted by Gasteiger charge is -2.29. The number of rotatable bonds is 7. The van der Waals surface area contributed by atoms with E-state index in [1.165, 1.54) is 5.56 Å². The van der Waals surface area contributed by atoms with Gasteiger partial charge in [0.15, 0.2) is 11.5 Å². The van der Waals surface area contributed by atoms with Crippen LogP contribution >= 0.6 is 0 Å². The Morgan fingerprint density at radius 3 is 2.47 bits per heavy atom. The molecule has 1 N–H and O–H groups in total. The highest BCUT2D eigenvalue weighted by atomic mass is 16.5. The third kappa shape index (κ3) is 4.85. The number of aromatic nitrogens is 2. The Labute approximate surface area is 187 Å². The predicted molar refractivity (Wildman–Crippen MR) is 121 cm³/mol. The number of piperidine rings is 1. The number of hydrogen-bond acceptors (Lipinski definition) is 7. The average Bonchev–Trinajstić information content (AvgIpc) is 3.33. The Hall–Kier alpha value is -3.55. The minimum absolute atomic E-state index is 0.0362. The van der Waals surface area contributed by atoms with Gasteiger partial charge in [0.1, 0.15) is 0 Å². The van der Waals surface area contributed by atoms with E-state index in [9.17, 15) is 4.79 Å². The van der Waals surface area contributed by atoms with E-state index in [0.717, 1.165) is 24.0 Å². The topological polar surface area (TPSA) is 89.7 Å². The first kappa shape index (κ1) is 21.7. The zero-order chi connectivity index (χ0) is 22.5. The number of anilines is 1. The highest BCUT2D eigenvalue weighted by Gasteiger charge is 2.27. The Kier molecular flexibility index (Phi) is 6.58. The average molecular weight is 437 g/mol. The van der Waals surface area contributed by atoms with Crippen LogP contribution in [0.1, 0.15) is 24.0 Å². The van der Waals surface area contributed by atoms with Crippen molar-refractivity contribution in [2.24, 2.45) is 5.92 Å². The third-order valence-corrected chi connectivity index (χ3v) is 5.76. The molecule has 0 radical (unpaired) electrons. The van der Waals surface area contributed by atoms with Gasteiger partial charge in [-0.1, -0.05) is 28.9 Å². The summed E-state index contributed by atoms with van der Waals surface area (Å²) in [6.07, 6.45) is 1.47. The number of methoxy groups -OCH3 is 2. The molecule has 0 unspecified atom stereocenters. The number of hydrogen-bond donors (Lipinski definition) is 1. The van der Waals surface area contributed by atoms with E-state index in [-0.39, 0.29) is 11.8 Å². The van der Waals surface area contributed by atoms with Gasteiger partial charge in [-0.25, -0.2) is 0 Å². The van der Waals surface area contributed by atoms with Gasteiger partial charge < -0.3 is 24.1 Å². The molecule has 1 saturated heterocycles. The molecular formula is C24H28N4O4. The van der Waals surface area contributed by atoms with Crippen molar-refractivity contribution in [1.29, 1.82) is 0 Å². The van der Waals surface area contributed by atoms with Gasteiger partial charge in [0.2, 0.25) is 11.8 Å². The van der Waals surface area contributed by atoms with E-state index in [0.29, 0.717) is 43.0 Å². The number of carbonyl (C=O) groups excluding carboxylic acids is 1. The standard InChI is InChI=1S/C24H28N4O4/c1-16-4-7-19(8-5-16)23-26-27-24(32-23)28-12-10-18(11-13-28)22(29)25-15-17-6-9-20(30-2)21(14-17)31-3/h4-9,14,18H,10-13,15H2,1-3H3,(H,25,29). The van der Waals surface area contributed by atoms with Crippen molar-refractivity contribution in [3.05, 3.63) is 53.6 Å². The molecule has 8 nitrogen and oxygen atoms in total. The fraction of sp³-hybridized carbons (Fsp3) is 0.375. The number of aryl methyl sites for hydroxylation is 1.